The molecule has 0 unspecified atom stereocenters. The van der Waals surface area contributed by atoms with Crippen LogP contribution >= 0.6 is 0 Å². The lowest BCUT2D eigenvalue weighted by Gasteiger charge is -2.28. The quantitative estimate of drug-likeness (QED) is 0.626. The van der Waals surface area contributed by atoms with E-state index < -0.39 is 6.04 Å². The first-order valence-corrected chi connectivity index (χ1v) is 10.5. The lowest BCUT2D eigenvalue weighted by Crippen LogP contribution is -2.54. The Kier molecular flexibility index (Phi) is 7.46. The van der Waals surface area contributed by atoms with Gasteiger partial charge < -0.3 is 20.7 Å². The van der Waals surface area contributed by atoms with E-state index >= 15 is 0 Å². The number of hydrogen-bond acceptors (Lipinski definition) is 4. The number of carbonyl (C=O) groups excluding carboxylic acids is 2. The Morgan fingerprint density at radius 1 is 1.10 bits per heavy atom. The van der Waals surface area contributed by atoms with E-state index in [0.717, 1.165) is 11.3 Å². The van der Waals surface area contributed by atoms with E-state index in [0.29, 0.717) is 25.9 Å². The summed E-state index contributed by atoms with van der Waals surface area (Å²) in [6, 6.07) is 14.8. The van der Waals surface area contributed by atoms with Crippen LogP contribution in [0.2, 0.25) is 0 Å². The minimum atomic E-state index is -0.560. The van der Waals surface area contributed by atoms with Gasteiger partial charge in [0.1, 0.15) is 11.8 Å². The van der Waals surface area contributed by atoms with E-state index in [1.54, 1.807) is 7.11 Å². The molecule has 2 amide bonds. The summed E-state index contributed by atoms with van der Waals surface area (Å²) >= 11 is 0. The molecule has 0 aliphatic carbocycles. The molecule has 0 bridgehead atoms. The summed E-state index contributed by atoms with van der Waals surface area (Å²) in [5.74, 6) is 0.762. The Morgan fingerprint density at radius 2 is 1.80 bits per heavy atom. The molecule has 2 aromatic rings. The first-order valence-electron chi connectivity index (χ1n) is 10.5. The van der Waals surface area contributed by atoms with Crippen LogP contribution in [0.25, 0.3) is 0 Å². The van der Waals surface area contributed by atoms with Gasteiger partial charge in [0.25, 0.3) is 0 Å². The van der Waals surface area contributed by atoms with Gasteiger partial charge in [-0.2, -0.15) is 0 Å². The maximum absolute atomic E-state index is 12.9. The van der Waals surface area contributed by atoms with E-state index in [1.807, 2.05) is 50.2 Å². The van der Waals surface area contributed by atoms with Gasteiger partial charge in [-0.1, -0.05) is 50.2 Å². The number of nitrogens with one attached hydrogen (secondary N) is 3. The average Bonchev–Trinajstić information content (AvgIpc) is 2.76. The van der Waals surface area contributed by atoms with Gasteiger partial charge >= 0.3 is 0 Å². The first-order chi connectivity index (χ1) is 14.5. The van der Waals surface area contributed by atoms with E-state index in [-0.39, 0.29) is 23.8 Å². The minimum absolute atomic E-state index is 0.130. The molecule has 0 spiro atoms. The van der Waals surface area contributed by atoms with Crippen molar-refractivity contribution >= 4 is 11.8 Å². The van der Waals surface area contributed by atoms with Crippen molar-refractivity contribution in [2.24, 2.45) is 5.92 Å². The van der Waals surface area contributed by atoms with E-state index in [4.69, 9.17) is 4.74 Å². The molecule has 2 atom stereocenters. The number of carbonyl (C=O) groups is 2. The van der Waals surface area contributed by atoms with E-state index in [1.165, 1.54) is 11.1 Å². The second kappa shape index (κ2) is 10.3. The number of amides is 2. The Labute approximate surface area is 178 Å². The lowest BCUT2D eigenvalue weighted by molar-refractivity contribution is -0.130. The standard InChI is InChI=1S/C24H31N3O3/c1-16(2)12-22(23(28)26-14-17-8-10-20(30-3)11-9-17)27-24(29)21-13-18-6-4-5-7-19(18)15-25-21/h4-11,16,21-22,25H,12-15H2,1-3H3,(H,26,28)(H,27,29)/t21-,22+/m0/s1. The molecule has 0 saturated heterocycles. The third-order valence-corrected chi connectivity index (χ3v) is 5.36. The molecule has 1 aliphatic rings. The second-order valence-electron chi connectivity index (χ2n) is 8.16. The molecule has 160 valence electrons. The number of hydrogen-bond donors (Lipinski definition) is 3. The molecular formula is C24H31N3O3. The van der Waals surface area contributed by atoms with Crippen LogP contribution in [0.15, 0.2) is 48.5 Å². The molecule has 3 N–H and O–H groups in total. The minimum Gasteiger partial charge on any atom is -0.497 e. The van der Waals surface area contributed by atoms with Crippen molar-refractivity contribution in [3.63, 3.8) is 0 Å². The van der Waals surface area contributed by atoms with Crippen LogP contribution in [0.3, 0.4) is 0 Å². The van der Waals surface area contributed by atoms with Crippen molar-refractivity contribution in [2.75, 3.05) is 7.11 Å². The smallest absolute Gasteiger partial charge is 0.242 e. The monoisotopic (exact) mass is 409 g/mol. The molecule has 0 fully saturated rings. The summed E-state index contributed by atoms with van der Waals surface area (Å²) in [5.41, 5.74) is 3.38. The summed E-state index contributed by atoms with van der Waals surface area (Å²) in [6.45, 7) is 5.16. The van der Waals surface area contributed by atoms with Gasteiger partial charge in [0.15, 0.2) is 0 Å². The maximum Gasteiger partial charge on any atom is 0.242 e. The average molecular weight is 410 g/mol. The largest absolute Gasteiger partial charge is 0.497 e. The molecule has 1 aliphatic heterocycles. The van der Waals surface area contributed by atoms with Crippen molar-refractivity contribution in [3.05, 3.63) is 65.2 Å². The Balaban J connectivity index is 1.59. The van der Waals surface area contributed by atoms with Crippen LogP contribution in [0, 0.1) is 5.92 Å². The summed E-state index contributed by atoms with van der Waals surface area (Å²) in [7, 11) is 1.62. The van der Waals surface area contributed by atoms with Gasteiger partial charge in [0, 0.05) is 13.1 Å². The SMILES string of the molecule is COc1ccc(CNC(=O)[C@@H](CC(C)C)NC(=O)[C@@H]2Cc3ccccc3CN2)cc1. The van der Waals surface area contributed by atoms with Crippen molar-refractivity contribution in [2.45, 2.75) is 51.9 Å². The highest BCUT2D eigenvalue weighted by molar-refractivity contribution is 5.90. The van der Waals surface area contributed by atoms with Crippen molar-refractivity contribution in [1.82, 2.24) is 16.0 Å². The zero-order valence-corrected chi connectivity index (χ0v) is 17.9. The fourth-order valence-corrected chi connectivity index (χ4v) is 3.67. The van der Waals surface area contributed by atoms with Gasteiger partial charge in [-0.05, 0) is 47.6 Å². The summed E-state index contributed by atoms with van der Waals surface area (Å²) in [4.78, 5) is 25.7. The van der Waals surface area contributed by atoms with Gasteiger partial charge in [0.05, 0.1) is 13.2 Å². The van der Waals surface area contributed by atoms with Crippen LogP contribution in [-0.2, 0) is 29.1 Å². The van der Waals surface area contributed by atoms with Crippen LogP contribution in [0.5, 0.6) is 5.75 Å². The Bertz CT molecular complexity index is 864. The molecule has 2 aromatic carbocycles. The third kappa shape index (κ3) is 5.83. The summed E-state index contributed by atoms with van der Waals surface area (Å²) in [5, 5.41) is 9.21. The van der Waals surface area contributed by atoms with Crippen LogP contribution in [-0.4, -0.2) is 31.0 Å². The van der Waals surface area contributed by atoms with Crippen LogP contribution < -0.4 is 20.7 Å². The normalized spacial score (nSPS) is 16.5. The van der Waals surface area contributed by atoms with Gasteiger partial charge in [-0.3, -0.25) is 9.59 Å². The second-order valence-corrected chi connectivity index (χ2v) is 8.16. The summed E-state index contributed by atoms with van der Waals surface area (Å²) in [6.07, 6.45) is 1.22. The zero-order valence-electron chi connectivity index (χ0n) is 17.9. The molecule has 0 aromatic heterocycles. The lowest BCUT2D eigenvalue weighted by atomic mass is 9.95. The van der Waals surface area contributed by atoms with Crippen LogP contribution in [0.1, 0.15) is 37.0 Å². The molecule has 1 heterocycles. The highest BCUT2D eigenvalue weighted by Gasteiger charge is 2.28. The number of rotatable bonds is 8. The predicted molar refractivity (Wildman–Crippen MR) is 117 cm³/mol. The first kappa shape index (κ1) is 21.8. The molecule has 0 saturated carbocycles. The van der Waals surface area contributed by atoms with Crippen molar-refractivity contribution < 1.29 is 14.3 Å². The number of methoxy groups -OCH3 is 1. The predicted octanol–water partition coefficient (Wildman–Crippen LogP) is 2.56. The van der Waals surface area contributed by atoms with Gasteiger partial charge in [-0.25, -0.2) is 0 Å². The van der Waals surface area contributed by atoms with Crippen molar-refractivity contribution in [1.29, 1.82) is 0 Å². The fraction of sp³-hybridized carbons (Fsp3) is 0.417. The fourth-order valence-electron chi connectivity index (χ4n) is 3.67. The van der Waals surface area contributed by atoms with Gasteiger partial charge in [0.2, 0.25) is 11.8 Å². The van der Waals surface area contributed by atoms with Gasteiger partial charge in [-0.15, -0.1) is 0 Å². The highest BCUT2D eigenvalue weighted by Crippen LogP contribution is 2.17. The van der Waals surface area contributed by atoms with E-state index in [9.17, 15) is 9.59 Å². The highest BCUT2D eigenvalue weighted by atomic mass is 16.5. The topological polar surface area (TPSA) is 79.5 Å². The Hall–Kier alpha value is -2.86. The zero-order chi connectivity index (χ0) is 21.5. The van der Waals surface area contributed by atoms with E-state index in [2.05, 4.69) is 28.1 Å². The summed E-state index contributed by atoms with van der Waals surface area (Å²) < 4.78 is 5.16. The maximum atomic E-state index is 12.9. The third-order valence-electron chi connectivity index (χ3n) is 5.36. The molecule has 6 heteroatoms. The number of fused-ring (bicyclic) bond motifs is 1. The molecule has 3 rings (SSSR count). The van der Waals surface area contributed by atoms with Crippen molar-refractivity contribution in [3.8, 4) is 5.75 Å². The molecule has 6 nitrogen and oxygen atoms in total. The van der Waals surface area contributed by atoms with Crippen LogP contribution in [0.4, 0.5) is 0 Å². The molecule has 30 heavy (non-hydrogen) atoms. The molecule has 0 radical (unpaired) electrons. The Morgan fingerprint density at radius 3 is 2.47 bits per heavy atom. The molecular weight excluding hydrogens is 378 g/mol. The number of ether oxygens (including phenoxy) is 1. The number of benzene rings is 2.